The normalized spacial score (nSPS) is 11.4. The van der Waals surface area contributed by atoms with E-state index in [1.807, 2.05) is 28.1 Å². The predicted octanol–water partition coefficient (Wildman–Crippen LogP) is 4.54. The van der Waals surface area contributed by atoms with Gasteiger partial charge in [-0.15, -0.1) is 0 Å². The maximum atomic E-state index is 14.4. The van der Waals surface area contributed by atoms with Gasteiger partial charge in [-0.2, -0.15) is 0 Å². The molecule has 0 unspecified atom stereocenters. The van der Waals surface area contributed by atoms with Crippen LogP contribution in [0.25, 0.3) is 0 Å². The lowest BCUT2D eigenvalue weighted by Gasteiger charge is -2.22. The SMILES string of the molecule is CC(C)(CO)ONC(=O)c1cc(Cl)c(F)c(F)c1Nc1ccc(I)cc1F. The Morgan fingerprint density at radius 1 is 1.26 bits per heavy atom. The Balaban J connectivity index is 2.43. The highest BCUT2D eigenvalue weighted by Crippen LogP contribution is 2.32. The Hall–Kier alpha value is -1.56. The maximum absolute atomic E-state index is 14.4. The molecule has 0 aliphatic carbocycles. The molecule has 0 atom stereocenters. The fraction of sp³-hybridized carbons (Fsp3) is 0.235. The largest absolute Gasteiger partial charge is 0.393 e. The summed E-state index contributed by atoms with van der Waals surface area (Å²) in [6.45, 7) is 2.57. The molecule has 0 heterocycles. The summed E-state index contributed by atoms with van der Waals surface area (Å²) >= 11 is 7.52. The second-order valence-electron chi connectivity index (χ2n) is 6.11. The van der Waals surface area contributed by atoms with Crippen LogP contribution in [-0.4, -0.2) is 23.2 Å². The number of rotatable bonds is 6. The number of carbonyl (C=O) groups excluding carboxylic acids is 1. The van der Waals surface area contributed by atoms with Gasteiger partial charge in [-0.25, -0.2) is 18.7 Å². The zero-order chi connectivity index (χ0) is 20.4. The van der Waals surface area contributed by atoms with Gasteiger partial charge >= 0.3 is 0 Å². The van der Waals surface area contributed by atoms with Crippen molar-refractivity contribution >= 4 is 51.5 Å². The monoisotopic (exact) mass is 514 g/mol. The van der Waals surface area contributed by atoms with Crippen molar-refractivity contribution in [2.75, 3.05) is 11.9 Å². The van der Waals surface area contributed by atoms with Crippen LogP contribution in [-0.2, 0) is 4.84 Å². The molecule has 0 saturated carbocycles. The molecule has 0 fully saturated rings. The second-order valence-corrected chi connectivity index (χ2v) is 7.76. The summed E-state index contributed by atoms with van der Waals surface area (Å²) in [7, 11) is 0. The Morgan fingerprint density at radius 2 is 1.93 bits per heavy atom. The lowest BCUT2D eigenvalue weighted by Crippen LogP contribution is -2.38. The molecule has 2 rings (SSSR count). The van der Waals surface area contributed by atoms with Gasteiger partial charge in [0, 0.05) is 3.57 Å². The van der Waals surface area contributed by atoms with Crippen LogP contribution in [0.1, 0.15) is 24.2 Å². The van der Waals surface area contributed by atoms with Crippen molar-refractivity contribution in [1.29, 1.82) is 0 Å². The molecule has 2 aromatic carbocycles. The van der Waals surface area contributed by atoms with Gasteiger partial charge in [0.05, 0.1) is 28.6 Å². The third kappa shape index (κ3) is 5.24. The number of hydrogen-bond donors (Lipinski definition) is 3. The first kappa shape index (κ1) is 21.7. The zero-order valence-corrected chi connectivity index (χ0v) is 17.1. The van der Waals surface area contributed by atoms with E-state index in [4.69, 9.17) is 21.5 Å². The van der Waals surface area contributed by atoms with Gasteiger partial charge in [0.15, 0.2) is 11.6 Å². The zero-order valence-electron chi connectivity index (χ0n) is 14.2. The van der Waals surface area contributed by atoms with Crippen LogP contribution in [0.15, 0.2) is 24.3 Å². The molecule has 0 saturated heterocycles. The number of hydrogen-bond acceptors (Lipinski definition) is 4. The van der Waals surface area contributed by atoms with Crippen LogP contribution in [0, 0.1) is 21.0 Å². The van der Waals surface area contributed by atoms with E-state index in [9.17, 15) is 18.0 Å². The van der Waals surface area contributed by atoms with E-state index in [1.54, 1.807) is 6.07 Å². The molecule has 3 N–H and O–H groups in total. The molecule has 1 amide bonds. The number of hydroxylamine groups is 1. The number of nitrogens with one attached hydrogen (secondary N) is 2. The van der Waals surface area contributed by atoms with Crippen LogP contribution >= 0.6 is 34.2 Å². The molecule has 146 valence electrons. The van der Waals surface area contributed by atoms with E-state index in [1.165, 1.54) is 26.0 Å². The molecule has 0 aliphatic rings. The van der Waals surface area contributed by atoms with Gasteiger partial charge < -0.3 is 10.4 Å². The van der Waals surface area contributed by atoms with Gasteiger partial charge in [-0.1, -0.05) is 11.6 Å². The van der Waals surface area contributed by atoms with E-state index >= 15 is 0 Å². The molecule has 0 radical (unpaired) electrons. The van der Waals surface area contributed by atoms with Gasteiger partial charge in [-0.05, 0) is 60.7 Å². The minimum absolute atomic E-state index is 0.165. The average molecular weight is 515 g/mol. The Morgan fingerprint density at radius 3 is 2.52 bits per heavy atom. The minimum atomic E-state index is -1.45. The molecule has 0 aliphatic heterocycles. The number of benzene rings is 2. The van der Waals surface area contributed by atoms with Gasteiger partial charge in [0.2, 0.25) is 0 Å². The molecular weight excluding hydrogens is 500 g/mol. The number of anilines is 2. The fourth-order valence-corrected chi connectivity index (χ4v) is 2.54. The number of aliphatic hydroxyl groups excluding tert-OH is 1. The van der Waals surface area contributed by atoms with Crippen molar-refractivity contribution in [3.05, 3.63) is 55.9 Å². The van der Waals surface area contributed by atoms with Gasteiger partial charge in [0.25, 0.3) is 5.91 Å². The first-order chi connectivity index (χ1) is 12.6. The molecule has 0 bridgehead atoms. The third-order valence-electron chi connectivity index (χ3n) is 3.40. The molecule has 2 aromatic rings. The van der Waals surface area contributed by atoms with E-state index < -0.39 is 51.8 Å². The summed E-state index contributed by atoms with van der Waals surface area (Å²) in [4.78, 5) is 17.4. The Labute approximate surface area is 171 Å². The highest BCUT2D eigenvalue weighted by atomic mass is 127. The lowest BCUT2D eigenvalue weighted by atomic mass is 10.1. The van der Waals surface area contributed by atoms with Crippen LogP contribution in [0.4, 0.5) is 24.5 Å². The van der Waals surface area contributed by atoms with Crippen LogP contribution in [0.3, 0.4) is 0 Å². The third-order valence-corrected chi connectivity index (χ3v) is 4.34. The highest BCUT2D eigenvalue weighted by molar-refractivity contribution is 14.1. The lowest BCUT2D eigenvalue weighted by molar-refractivity contribution is -0.0956. The van der Waals surface area contributed by atoms with Crippen molar-refractivity contribution in [2.24, 2.45) is 0 Å². The first-order valence-corrected chi connectivity index (χ1v) is 9.00. The number of aliphatic hydroxyl groups is 1. The Bertz CT molecular complexity index is 881. The number of amides is 1. The second kappa shape index (κ2) is 8.63. The van der Waals surface area contributed by atoms with E-state index in [0.29, 0.717) is 3.57 Å². The predicted molar refractivity (Wildman–Crippen MR) is 103 cm³/mol. The summed E-state index contributed by atoms with van der Waals surface area (Å²) in [5.74, 6) is -4.53. The molecule has 0 spiro atoms. The van der Waals surface area contributed by atoms with Crippen molar-refractivity contribution in [3.8, 4) is 0 Å². The quantitative estimate of drug-likeness (QED) is 0.301. The smallest absolute Gasteiger partial charge is 0.277 e. The summed E-state index contributed by atoms with van der Waals surface area (Å²) < 4.78 is 43.0. The molecule has 0 aromatic heterocycles. The van der Waals surface area contributed by atoms with Crippen LogP contribution in [0.5, 0.6) is 0 Å². The fourth-order valence-electron chi connectivity index (χ4n) is 1.89. The summed E-state index contributed by atoms with van der Waals surface area (Å²) in [6.07, 6.45) is 0. The standard InChI is InChI=1S/C17H15ClF3IN2O3/c1-17(2,7-25)27-24-16(26)9-6-10(18)13(20)14(21)15(9)23-12-4-3-8(22)5-11(12)19/h3-6,23,25H,7H2,1-2H3,(H,24,26). The van der Waals surface area contributed by atoms with E-state index in [-0.39, 0.29) is 5.69 Å². The molecule has 5 nitrogen and oxygen atoms in total. The summed E-state index contributed by atoms with van der Waals surface area (Å²) in [5.41, 5.74) is -0.273. The van der Waals surface area contributed by atoms with E-state index in [2.05, 4.69) is 5.32 Å². The highest BCUT2D eigenvalue weighted by Gasteiger charge is 2.25. The minimum Gasteiger partial charge on any atom is -0.393 e. The van der Waals surface area contributed by atoms with Crippen molar-refractivity contribution in [2.45, 2.75) is 19.4 Å². The average Bonchev–Trinajstić information content (AvgIpc) is 2.61. The van der Waals surface area contributed by atoms with Crippen LogP contribution in [0.2, 0.25) is 5.02 Å². The first-order valence-electron chi connectivity index (χ1n) is 7.54. The maximum Gasteiger partial charge on any atom is 0.277 e. The van der Waals surface area contributed by atoms with Crippen molar-refractivity contribution < 1.29 is 27.9 Å². The van der Waals surface area contributed by atoms with Gasteiger partial charge in [-0.3, -0.25) is 9.63 Å². The summed E-state index contributed by atoms with van der Waals surface area (Å²) in [6, 6.07) is 4.93. The number of carbonyl (C=O) groups is 1. The topological polar surface area (TPSA) is 70.6 Å². The molecule has 10 heteroatoms. The van der Waals surface area contributed by atoms with Crippen LogP contribution < -0.4 is 10.8 Å². The van der Waals surface area contributed by atoms with Crippen molar-refractivity contribution in [3.63, 3.8) is 0 Å². The molecule has 27 heavy (non-hydrogen) atoms. The van der Waals surface area contributed by atoms with E-state index in [0.717, 1.165) is 6.07 Å². The Kier molecular flexibility index (Phi) is 6.95. The van der Waals surface area contributed by atoms with Crippen molar-refractivity contribution in [1.82, 2.24) is 5.48 Å². The molecular formula is C17H15ClF3IN2O3. The van der Waals surface area contributed by atoms with Gasteiger partial charge in [0.1, 0.15) is 11.4 Å². The number of halogens is 5. The summed E-state index contributed by atoms with van der Waals surface area (Å²) in [5, 5.41) is 10.9.